The van der Waals surface area contributed by atoms with Gasteiger partial charge in [0, 0.05) is 24.5 Å². The number of benzene rings is 1. The van der Waals surface area contributed by atoms with E-state index in [1.54, 1.807) is 56.3 Å². The Morgan fingerprint density at radius 1 is 1.36 bits per heavy atom. The molecule has 1 aromatic carbocycles. The minimum Gasteiger partial charge on any atom is -0.466 e. The van der Waals surface area contributed by atoms with Crippen LogP contribution in [0, 0.1) is 0 Å². The summed E-state index contributed by atoms with van der Waals surface area (Å²) >= 11 is 0. The number of hydrogen-bond acceptors (Lipinski definition) is 5. The normalized spacial score (nSPS) is 11.3. The zero-order chi connectivity index (χ0) is 17.5. The third-order valence-corrected chi connectivity index (χ3v) is 3.46. The molecule has 0 aliphatic rings. The van der Waals surface area contributed by atoms with Crippen molar-refractivity contribution in [2.75, 3.05) is 19.0 Å². The second-order valence-electron chi connectivity index (χ2n) is 5.34. The lowest BCUT2D eigenvalue weighted by molar-refractivity contribution is -0.142. The maximum atomic E-state index is 12.5. The molecule has 2 rings (SSSR count). The topological polar surface area (TPSA) is 85.2 Å². The fourth-order valence-electron chi connectivity index (χ4n) is 2.39. The summed E-state index contributed by atoms with van der Waals surface area (Å²) in [5, 5.41) is 9.92. The molecule has 25 heavy (non-hydrogen) atoms. The van der Waals surface area contributed by atoms with Gasteiger partial charge in [-0.3, -0.25) is 14.3 Å². The van der Waals surface area contributed by atoms with Gasteiger partial charge in [-0.1, -0.05) is 12.1 Å². The molecule has 0 aliphatic carbocycles. The minimum atomic E-state index is -0.507. The zero-order valence-electron chi connectivity index (χ0n) is 14.5. The Morgan fingerprint density at radius 3 is 2.72 bits per heavy atom. The fraction of sp³-hybridized carbons (Fsp3) is 0.353. The predicted octanol–water partition coefficient (Wildman–Crippen LogP) is 1.85. The number of hydrogen-bond donors (Lipinski definition) is 2. The number of ether oxygens (including phenoxy) is 1. The maximum Gasteiger partial charge on any atom is 0.310 e. The van der Waals surface area contributed by atoms with E-state index in [-0.39, 0.29) is 30.7 Å². The second-order valence-corrected chi connectivity index (χ2v) is 5.34. The van der Waals surface area contributed by atoms with Crippen LogP contribution in [0.5, 0.6) is 0 Å². The van der Waals surface area contributed by atoms with Crippen molar-refractivity contribution in [1.29, 1.82) is 0 Å². The lowest BCUT2D eigenvalue weighted by Gasteiger charge is -2.15. The Labute approximate surface area is 153 Å². The van der Waals surface area contributed by atoms with Crippen molar-refractivity contribution in [3.8, 4) is 0 Å². The molecule has 0 fully saturated rings. The van der Waals surface area contributed by atoms with Gasteiger partial charge in [0.25, 0.3) is 0 Å². The molecule has 136 valence electrons. The van der Waals surface area contributed by atoms with E-state index in [1.165, 1.54) is 0 Å². The van der Waals surface area contributed by atoms with Gasteiger partial charge in [-0.15, -0.1) is 12.4 Å². The van der Waals surface area contributed by atoms with E-state index in [1.807, 2.05) is 6.07 Å². The van der Waals surface area contributed by atoms with Crippen LogP contribution >= 0.6 is 12.4 Å². The van der Waals surface area contributed by atoms with E-state index in [9.17, 15) is 9.59 Å². The second kappa shape index (κ2) is 9.80. The Morgan fingerprint density at radius 2 is 2.12 bits per heavy atom. The molecule has 2 aromatic rings. The number of nitrogens with one attached hydrogen (secondary N) is 2. The summed E-state index contributed by atoms with van der Waals surface area (Å²) < 4.78 is 6.58. The highest BCUT2D eigenvalue weighted by Gasteiger charge is 2.20. The molecular formula is C17H23ClN4O3. The summed E-state index contributed by atoms with van der Waals surface area (Å²) in [5.74, 6) is -0.483. The van der Waals surface area contributed by atoms with Gasteiger partial charge < -0.3 is 15.4 Å². The quantitative estimate of drug-likeness (QED) is 0.730. The molecule has 0 saturated carbocycles. The van der Waals surface area contributed by atoms with E-state index in [4.69, 9.17) is 4.74 Å². The molecular weight excluding hydrogens is 344 g/mol. The first-order valence-corrected chi connectivity index (χ1v) is 7.74. The van der Waals surface area contributed by atoms with Crippen molar-refractivity contribution < 1.29 is 14.3 Å². The largest absolute Gasteiger partial charge is 0.466 e. The number of amides is 1. The zero-order valence-corrected chi connectivity index (χ0v) is 15.3. The van der Waals surface area contributed by atoms with Crippen molar-refractivity contribution in [2.24, 2.45) is 7.05 Å². The van der Waals surface area contributed by atoms with Crippen molar-refractivity contribution in [2.45, 2.75) is 19.4 Å². The monoisotopic (exact) mass is 366 g/mol. The predicted molar refractivity (Wildman–Crippen MR) is 97.7 cm³/mol. The highest BCUT2D eigenvalue weighted by Crippen LogP contribution is 2.17. The number of esters is 1. The first-order chi connectivity index (χ1) is 11.5. The molecule has 2 N–H and O–H groups in total. The van der Waals surface area contributed by atoms with E-state index in [0.29, 0.717) is 12.3 Å². The highest BCUT2D eigenvalue weighted by molar-refractivity contribution is 5.95. The third kappa shape index (κ3) is 5.88. The van der Waals surface area contributed by atoms with Gasteiger partial charge in [0.15, 0.2) is 0 Å². The Hall–Kier alpha value is -2.38. The Balaban J connectivity index is 0.00000312. The molecule has 0 bridgehead atoms. The fourth-order valence-corrected chi connectivity index (χ4v) is 2.39. The highest BCUT2D eigenvalue weighted by atomic mass is 35.5. The summed E-state index contributed by atoms with van der Waals surface area (Å²) in [7, 11) is 3.52. The van der Waals surface area contributed by atoms with E-state index < -0.39 is 6.04 Å². The number of carbonyl (C=O) groups excluding carboxylic acids is 2. The molecule has 1 unspecified atom stereocenters. The number of carbonyl (C=O) groups is 2. The molecule has 8 heteroatoms. The molecule has 0 saturated heterocycles. The van der Waals surface area contributed by atoms with Crippen molar-refractivity contribution in [3.05, 3.63) is 47.8 Å². The Kier molecular flexibility index (Phi) is 8.10. The van der Waals surface area contributed by atoms with Gasteiger partial charge in [0.1, 0.15) is 6.04 Å². The molecule has 1 heterocycles. The summed E-state index contributed by atoms with van der Waals surface area (Å²) in [5.41, 5.74) is 2.19. The molecule has 1 aromatic heterocycles. The SMILES string of the molecule is CCOC(=O)Cc1cccc(NC(=O)C(NC)c2cnn(C)c2)c1.Cl. The lowest BCUT2D eigenvalue weighted by atomic mass is 10.1. The smallest absolute Gasteiger partial charge is 0.310 e. The van der Waals surface area contributed by atoms with Crippen LogP contribution in [0.3, 0.4) is 0 Å². The van der Waals surface area contributed by atoms with Gasteiger partial charge in [-0.2, -0.15) is 5.10 Å². The molecule has 0 radical (unpaired) electrons. The van der Waals surface area contributed by atoms with E-state index in [2.05, 4.69) is 15.7 Å². The van der Waals surface area contributed by atoms with Crippen LogP contribution in [0.1, 0.15) is 24.1 Å². The average Bonchev–Trinajstić information content (AvgIpc) is 2.94. The van der Waals surface area contributed by atoms with Crippen LogP contribution in [0.4, 0.5) is 5.69 Å². The van der Waals surface area contributed by atoms with Gasteiger partial charge in [0.2, 0.25) is 5.91 Å². The number of halogens is 1. The van der Waals surface area contributed by atoms with Gasteiger partial charge in [0.05, 0.1) is 19.2 Å². The minimum absolute atomic E-state index is 0. The average molecular weight is 367 g/mol. The van der Waals surface area contributed by atoms with E-state index in [0.717, 1.165) is 11.1 Å². The first-order valence-electron chi connectivity index (χ1n) is 7.74. The summed E-state index contributed by atoms with van der Waals surface area (Å²) in [4.78, 5) is 24.0. The summed E-state index contributed by atoms with van der Waals surface area (Å²) in [6, 6.07) is 6.66. The number of rotatable bonds is 7. The summed E-state index contributed by atoms with van der Waals surface area (Å²) in [6.45, 7) is 2.12. The number of nitrogens with zero attached hydrogens (tertiary/aromatic N) is 2. The number of anilines is 1. The number of aromatic nitrogens is 2. The van der Waals surface area contributed by atoms with Crippen molar-refractivity contribution in [1.82, 2.24) is 15.1 Å². The molecule has 7 nitrogen and oxygen atoms in total. The first kappa shape index (κ1) is 20.7. The van der Waals surface area contributed by atoms with Crippen LogP contribution < -0.4 is 10.6 Å². The molecule has 0 aliphatic heterocycles. The van der Waals surface area contributed by atoms with Crippen molar-refractivity contribution in [3.63, 3.8) is 0 Å². The van der Waals surface area contributed by atoms with Crippen LogP contribution in [-0.2, 0) is 27.8 Å². The maximum absolute atomic E-state index is 12.5. The van der Waals surface area contributed by atoms with Crippen LogP contribution in [0.2, 0.25) is 0 Å². The Bertz CT molecular complexity index is 717. The van der Waals surface area contributed by atoms with Gasteiger partial charge in [-0.05, 0) is 31.7 Å². The molecule has 1 atom stereocenters. The van der Waals surface area contributed by atoms with Crippen molar-refractivity contribution >= 4 is 30.0 Å². The standard InChI is InChI=1S/C17H22N4O3.ClH/c1-4-24-15(22)9-12-6-5-7-14(8-12)20-17(23)16(18-2)13-10-19-21(3)11-13;/h5-8,10-11,16,18H,4,9H2,1-3H3,(H,20,23);1H. The number of aryl methyl sites for hydroxylation is 1. The summed E-state index contributed by atoms with van der Waals surface area (Å²) in [6.07, 6.45) is 3.62. The lowest BCUT2D eigenvalue weighted by Crippen LogP contribution is -2.30. The van der Waals surface area contributed by atoms with Crippen LogP contribution in [-0.4, -0.2) is 35.3 Å². The van der Waals surface area contributed by atoms with Gasteiger partial charge in [-0.25, -0.2) is 0 Å². The third-order valence-electron chi connectivity index (χ3n) is 3.46. The van der Waals surface area contributed by atoms with Gasteiger partial charge >= 0.3 is 5.97 Å². The molecule has 0 spiro atoms. The number of likely N-dealkylation sites (N-methyl/N-ethyl adjacent to an activating group) is 1. The molecule has 1 amide bonds. The van der Waals surface area contributed by atoms with E-state index >= 15 is 0 Å². The van der Waals surface area contributed by atoms with Crippen LogP contribution in [0.25, 0.3) is 0 Å². The van der Waals surface area contributed by atoms with Crippen LogP contribution in [0.15, 0.2) is 36.7 Å².